The molecule has 0 aliphatic carbocycles. The van der Waals surface area contributed by atoms with Crippen molar-refractivity contribution in [1.82, 2.24) is 0 Å². The molecule has 1 saturated heterocycles. The van der Waals surface area contributed by atoms with Gasteiger partial charge in [0.05, 0.1) is 17.6 Å². The third-order valence-corrected chi connectivity index (χ3v) is 4.76. The molecule has 1 aromatic carbocycles. The molecule has 1 unspecified atom stereocenters. The molecule has 0 spiro atoms. The highest BCUT2D eigenvalue weighted by Gasteiger charge is 2.27. The van der Waals surface area contributed by atoms with Crippen molar-refractivity contribution in [3.8, 4) is 0 Å². The number of alkyl halides is 2. The number of halogens is 2. The third kappa shape index (κ3) is 3.59. The van der Waals surface area contributed by atoms with E-state index in [2.05, 4.69) is 6.58 Å². The molecule has 1 fully saturated rings. The van der Waals surface area contributed by atoms with Crippen molar-refractivity contribution in [1.29, 1.82) is 0 Å². The van der Waals surface area contributed by atoms with E-state index in [1.54, 1.807) is 18.2 Å². The molecule has 0 bridgehead atoms. The molecular formula is C14H17F2NO3S. The maximum absolute atomic E-state index is 12.4. The fourth-order valence-electron chi connectivity index (χ4n) is 2.25. The Hall–Kier alpha value is -1.47. The lowest BCUT2D eigenvalue weighted by Crippen LogP contribution is -2.23. The topological polar surface area (TPSA) is 46.6 Å². The van der Waals surface area contributed by atoms with E-state index < -0.39 is 15.6 Å². The van der Waals surface area contributed by atoms with Gasteiger partial charge in [0, 0.05) is 18.8 Å². The van der Waals surface area contributed by atoms with Crippen LogP contribution in [-0.4, -0.2) is 40.0 Å². The number of hydrogen-bond donors (Lipinski definition) is 0. The van der Waals surface area contributed by atoms with Crippen LogP contribution in [-0.2, 0) is 14.6 Å². The van der Waals surface area contributed by atoms with Gasteiger partial charge in [-0.2, -0.15) is 8.78 Å². The van der Waals surface area contributed by atoms with Crippen LogP contribution in [0.2, 0.25) is 0 Å². The monoisotopic (exact) mass is 317 g/mol. The Labute approximate surface area is 122 Å². The smallest absolute Gasteiger partial charge is 0.341 e. The van der Waals surface area contributed by atoms with E-state index in [0.717, 1.165) is 18.7 Å². The van der Waals surface area contributed by atoms with Crippen LogP contribution in [0.5, 0.6) is 0 Å². The second-order valence-electron chi connectivity index (χ2n) is 4.78. The summed E-state index contributed by atoms with van der Waals surface area (Å²) >= 11 is 0. The first-order valence-electron chi connectivity index (χ1n) is 6.54. The molecule has 21 heavy (non-hydrogen) atoms. The molecule has 0 radical (unpaired) electrons. The molecule has 4 nitrogen and oxygen atoms in total. The summed E-state index contributed by atoms with van der Waals surface area (Å²) in [5.74, 6) is -3.40. The van der Waals surface area contributed by atoms with Gasteiger partial charge in [-0.1, -0.05) is 6.08 Å². The van der Waals surface area contributed by atoms with Gasteiger partial charge in [0.1, 0.15) is 0 Å². The summed E-state index contributed by atoms with van der Waals surface area (Å²) in [4.78, 5) is 1.67. The minimum absolute atomic E-state index is 0.104. The van der Waals surface area contributed by atoms with Crippen LogP contribution in [0.15, 0.2) is 41.8 Å². The molecule has 0 aromatic heterocycles. The summed E-state index contributed by atoms with van der Waals surface area (Å²) in [6, 6.07) is 5.53. The van der Waals surface area contributed by atoms with Crippen LogP contribution in [0.25, 0.3) is 0 Å². The molecule has 1 atom stereocenters. The van der Waals surface area contributed by atoms with E-state index >= 15 is 0 Å². The van der Waals surface area contributed by atoms with Crippen molar-refractivity contribution < 1.29 is 21.9 Å². The first-order chi connectivity index (χ1) is 9.95. The molecular weight excluding hydrogens is 300 g/mol. The SMILES string of the molecule is C=CCOC1CCN(c2ccc(S(=O)(=O)C(F)F)cc2)C1. The molecule has 1 aliphatic rings. The van der Waals surface area contributed by atoms with Crippen LogP contribution in [0.4, 0.5) is 14.5 Å². The molecule has 0 N–H and O–H groups in total. The third-order valence-electron chi connectivity index (χ3n) is 3.36. The summed E-state index contributed by atoms with van der Waals surface area (Å²) in [5.41, 5.74) is 0.799. The zero-order valence-corrected chi connectivity index (χ0v) is 12.2. The Kier molecular flexibility index (Phi) is 4.95. The molecule has 2 rings (SSSR count). The number of sulfone groups is 1. The average molecular weight is 317 g/mol. The van der Waals surface area contributed by atoms with Gasteiger partial charge in [0.2, 0.25) is 9.84 Å². The highest BCUT2D eigenvalue weighted by atomic mass is 32.2. The number of anilines is 1. The van der Waals surface area contributed by atoms with Crippen molar-refractivity contribution in [2.45, 2.75) is 23.2 Å². The van der Waals surface area contributed by atoms with E-state index in [9.17, 15) is 17.2 Å². The van der Waals surface area contributed by atoms with Crippen molar-refractivity contribution >= 4 is 15.5 Å². The Balaban J connectivity index is 2.05. The van der Waals surface area contributed by atoms with Gasteiger partial charge < -0.3 is 9.64 Å². The molecule has 0 saturated carbocycles. The Bertz CT molecular complexity index is 587. The summed E-state index contributed by atoms with van der Waals surface area (Å²) in [7, 11) is -4.53. The second-order valence-corrected chi connectivity index (χ2v) is 6.70. The lowest BCUT2D eigenvalue weighted by Gasteiger charge is -2.19. The van der Waals surface area contributed by atoms with Gasteiger partial charge in [-0.25, -0.2) is 8.42 Å². The van der Waals surface area contributed by atoms with E-state index in [1.807, 2.05) is 4.90 Å². The van der Waals surface area contributed by atoms with Gasteiger partial charge in [0.15, 0.2) is 0 Å². The predicted molar refractivity (Wildman–Crippen MR) is 76.4 cm³/mol. The Morgan fingerprint density at radius 3 is 2.62 bits per heavy atom. The molecule has 7 heteroatoms. The number of hydrogen-bond acceptors (Lipinski definition) is 4. The lowest BCUT2D eigenvalue weighted by molar-refractivity contribution is 0.0909. The number of benzene rings is 1. The quantitative estimate of drug-likeness (QED) is 0.756. The average Bonchev–Trinajstić information content (AvgIpc) is 2.94. The maximum atomic E-state index is 12.4. The second kappa shape index (κ2) is 6.53. The van der Waals surface area contributed by atoms with E-state index in [1.165, 1.54) is 12.1 Å². The Morgan fingerprint density at radius 2 is 2.05 bits per heavy atom. The largest absolute Gasteiger partial charge is 0.372 e. The van der Waals surface area contributed by atoms with E-state index in [0.29, 0.717) is 13.2 Å². The number of ether oxygens (including phenoxy) is 1. The fourth-order valence-corrected chi connectivity index (χ4v) is 2.97. The summed E-state index contributed by atoms with van der Waals surface area (Å²) in [6.45, 7) is 5.55. The highest BCUT2D eigenvalue weighted by Crippen LogP contribution is 2.25. The van der Waals surface area contributed by atoms with Crippen LogP contribution < -0.4 is 4.90 Å². The molecule has 1 aromatic rings. The molecule has 1 heterocycles. The Morgan fingerprint density at radius 1 is 1.38 bits per heavy atom. The minimum atomic E-state index is -4.53. The predicted octanol–water partition coefficient (Wildman–Crippen LogP) is 2.46. The van der Waals surface area contributed by atoms with Crippen molar-refractivity contribution in [3.05, 3.63) is 36.9 Å². The molecule has 0 amide bonds. The van der Waals surface area contributed by atoms with Crippen LogP contribution >= 0.6 is 0 Å². The van der Waals surface area contributed by atoms with Crippen molar-refractivity contribution in [2.75, 3.05) is 24.6 Å². The zero-order chi connectivity index (χ0) is 15.5. The normalized spacial score (nSPS) is 19.2. The van der Waals surface area contributed by atoms with E-state index in [-0.39, 0.29) is 11.0 Å². The summed E-state index contributed by atoms with van der Waals surface area (Å²) in [5, 5.41) is 0. The van der Waals surface area contributed by atoms with Gasteiger partial charge in [-0.05, 0) is 30.7 Å². The number of rotatable bonds is 6. The molecule has 1 aliphatic heterocycles. The fraction of sp³-hybridized carbons (Fsp3) is 0.429. The van der Waals surface area contributed by atoms with Gasteiger partial charge >= 0.3 is 5.76 Å². The van der Waals surface area contributed by atoms with Crippen LogP contribution in [0.1, 0.15) is 6.42 Å². The molecule has 116 valence electrons. The van der Waals surface area contributed by atoms with Crippen LogP contribution in [0, 0.1) is 0 Å². The van der Waals surface area contributed by atoms with Crippen molar-refractivity contribution in [2.24, 2.45) is 0 Å². The first kappa shape index (κ1) is 15.9. The minimum Gasteiger partial charge on any atom is -0.372 e. The van der Waals surface area contributed by atoms with E-state index in [4.69, 9.17) is 4.74 Å². The van der Waals surface area contributed by atoms with Crippen LogP contribution in [0.3, 0.4) is 0 Å². The maximum Gasteiger partial charge on any atom is 0.341 e. The summed E-state index contributed by atoms with van der Waals surface area (Å²) < 4.78 is 53.1. The lowest BCUT2D eigenvalue weighted by atomic mass is 10.3. The standard InChI is InChI=1S/C14H17F2NO3S/c1-2-9-20-12-7-8-17(10-12)11-3-5-13(6-4-11)21(18,19)14(15)16/h2-6,12,14H,1,7-10H2. The first-order valence-corrected chi connectivity index (χ1v) is 8.09. The highest BCUT2D eigenvalue weighted by molar-refractivity contribution is 7.91. The zero-order valence-electron chi connectivity index (χ0n) is 11.4. The van der Waals surface area contributed by atoms with Gasteiger partial charge in [-0.3, -0.25) is 0 Å². The summed E-state index contributed by atoms with van der Waals surface area (Å²) in [6.07, 6.45) is 2.66. The van der Waals surface area contributed by atoms with Crippen molar-refractivity contribution in [3.63, 3.8) is 0 Å². The van der Waals surface area contributed by atoms with Gasteiger partial charge in [-0.15, -0.1) is 6.58 Å². The number of nitrogens with zero attached hydrogens (tertiary/aromatic N) is 1. The van der Waals surface area contributed by atoms with Gasteiger partial charge in [0.25, 0.3) is 0 Å².